The van der Waals surface area contributed by atoms with E-state index in [-0.39, 0.29) is 5.78 Å². The van der Waals surface area contributed by atoms with Crippen molar-refractivity contribution in [1.29, 1.82) is 0 Å². The molecular weight excluding hydrogens is 284 g/mol. The Bertz CT molecular complexity index is 315. The van der Waals surface area contributed by atoms with Crippen molar-refractivity contribution in [2.24, 2.45) is 5.92 Å². The second-order valence-corrected chi connectivity index (χ2v) is 5.88. The van der Waals surface area contributed by atoms with Crippen molar-refractivity contribution in [2.45, 2.75) is 26.7 Å². The lowest BCUT2D eigenvalue weighted by Crippen LogP contribution is -2.03. The molecule has 0 saturated carbocycles. The summed E-state index contributed by atoms with van der Waals surface area (Å²) >= 11 is 10.5. The molecule has 1 aromatic heterocycles. The number of ketones is 1. The molecule has 0 N–H and O–H groups in total. The van der Waals surface area contributed by atoms with E-state index in [1.54, 1.807) is 6.07 Å². The summed E-state index contributed by atoms with van der Waals surface area (Å²) in [7, 11) is 0. The number of carbonyl (C=O) groups is 1. The maximum Gasteiger partial charge on any atom is 0.173 e. The quantitative estimate of drug-likeness (QED) is 0.730. The van der Waals surface area contributed by atoms with Gasteiger partial charge in [-0.1, -0.05) is 31.9 Å². The van der Waals surface area contributed by atoms with Crippen molar-refractivity contribution >= 4 is 44.7 Å². The van der Waals surface area contributed by atoms with Gasteiger partial charge in [0.15, 0.2) is 5.78 Å². The number of thiophene rings is 1. The molecule has 14 heavy (non-hydrogen) atoms. The maximum atomic E-state index is 11.7. The summed E-state index contributed by atoms with van der Waals surface area (Å²) in [6, 6.07) is 1.80. The van der Waals surface area contributed by atoms with Gasteiger partial charge in [-0.2, -0.15) is 0 Å². The molecule has 1 atom stereocenters. The lowest BCUT2D eigenvalue weighted by molar-refractivity contribution is 0.0967. The molecule has 1 rings (SSSR count). The second kappa shape index (κ2) is 5.29. The van der Waals surface area contributed by atoms with Crippen LogP contribution in [0.3, 0.4) is 0 Å². The molecule has 0 bridgehead atoms. The number of rotatable bonds is 4. The largest absolute Gasteiger partial charge is 0.293 e. The molecule has 0 aromatic carbocycles. The van der Waals surface area contributed by atoms with E-state index in [9.17, 15) is 4.79 Å². The Hall–Kier alpha value is 0.140. The van der Waals surface area contributed by atoms with Crippen LogP contribution in [0.15, 0.2) is 10.5 Å². The van der Waals surface area contributed by atoms with Crippen molar-refractivity contribution in [1.82, 2.24) is 0 Å². The first kappa shape index (κ1) is 12.2. The van der Waals surface area contributed by atoms with Gasteiger partial charge in [0.05, 0.1) is 4.88 Å². The molecule has 1 aromatic rings. The van der Waals surface area contributed by atoms with E-state index < -0.39 is 0 Å². The zero-order valence-corrected chi connectivity index (χ0v) is 11.3. The van der Waals surface area contributed by atoms with Gasteiger partial charge in [0, 0.05) is 10.9 Å². The summed E-state index contributed by atoms with van der Waals surface area (Å²) in [6.45, 7) is 4.18. The molecule has 0 saturated heterocycles. The number of Topliss-reactive ketones (excluding diaryl/α,β-unsaturated/α-hetero) is 1. The molecule has 4 heteroatoms. The molecule has 1 nitrogen and oxygen atoms in total. The fourth-order valence-corrected chi connectivity index (χ4v) is 2.70. The van der Waals surface area contributed by atoms with Crippen LogP contribution in [0.5, 0.6) is 0 Å². The normalized spacial score (nSPS) is 12.9. The van der Waals surface area contributed by atoms with Crippen LogP contribution in [-0.4, -0.2) is 5.78 Å². The number of hydrogen-bond acceptors (Lipinski definition) is 2. The Labute approximate surface area is 102 Å². The minimum atomic E-state index is 0.192. The minimum absolute atomic E-state index is 0.192. The van der Waals surface area contributed by atoms with Crippen molar-refractivity contribution in [2.75, 3.05) is 0 Å². The molecule has 0 spiro atoms. The van der Waals surface area contributed by atoms with Crippen molar-refractivity contribution in [3.63, 3.8) is 0 Å². The van der Waals surface area contributed by atoms with Crippen LogP contribution >= 0.6 is 38.9 Å². The molecule has 0 aliphatic heterocycles. The van der Waals surface area contributed by atoms with Crippen LogP contribution in [0.25, 0.3) is 0 Å². The Morgan fingerprint density at radius 3 is 2.79 bits per heavy atom. The highest BCUT2D eigenvalue weighted by Gasteiger charge is 2.14. The van der Waals surface area contributed by atoms with Crippen LogP contribution in [0.1, 0.15) is 36.4 Å². The molecule has 0 amide bonds. The smallest absolute Gasteiger partial charge is 0.173 e. The summed E-state index contributed by atoms with van der Waals surface area (Å²) in [6.07, 6.45) is 1.64. The topological polar surface area (TPSA) is 17.1 Å². The summed E-state index contributed by atoms with van der Waals surface area (Å²) in [5.41, 5.74) is 0. The van der Waals surface area contributed by atoms with Gasteiger partial charge < -0.3 is 0 Å². The highest BCUT2D eigenvalue weighted by Crippen LogP contribution is 2.33. The first-order chi connectivity index (χ1) is 6.54. The zero-order chi connectivity index (χ0) is 10.7. The highest BCUT2D eigenvalue weighted by molar-refractivity contribution is 9.10. The lowest BCUT2D eigenvalue weighted by Gasteiger charge is -2.04. The summed E-state index contributed by atoms with van der Waals surface area (Å²) in [5, 5.41) is 0. The van der Waals surface area contributed by atoms with Gasteiger partial charge in [0.2, 0.25) is 0 Å². The fraction of sp³-hybridized carbons (Fsp3) is 0.500. The minimum Gasteiger partial charge on any atom is -0.293 e. The highest BCUT2D eigenvalue weighted by atomic mass is 79.9. The standard InChI is InChI=1S/C10H12BrClOS/c1-3-6(2)4-8(13)9-5-7(11)10(12)14-9/h5-6H,3-4H2,1-2H3. The average Bonchev–Trinajstić information content (AvgIpc) is 2.47. The van der Waals surface area contributed by atoms with Crippen molar-refractivity contribution in [3.8, 4) is 0 Å². The van der Waals surface area contributed by atoms with Crippen LogP contribution in [0.2, 0.25) is 4.34 Å². The van der Waals surface area contributed by atoms with Crippen molar-refractivity contribution < 1.29 is 4.79 Å². The first-order valence-corrected chi connectivity index (χ1v) is 6.51. The number of halogens is 2. The van der Waals surface area contributed by atoms with E-state index in [0.717, 1.165) is 15.8 Å². The zero-order valence-electron chi connectivity index (χ0n) is 8.14. The van der Waals surface area contributed by atoms with E-state index in [0.29, 0.717) is 16.7 Å². The average molecular weight is 296 g/mol. The summed E-state index contributed by atoms with van der Waals surface area (Å²) in [5.74, 6) is 0.638. The van der Waals surface area contributed by atoms with E-state index in [2.05, 4.69) is 29.8 Å². The molecule has 78 valence electrons. The van der Waals surface area contributed by atoms with Crippen molar-refractivity contribution in [3.05, 3.63) is 19.8 Å². The molecule has 1 heterocycles. The van der Waals surface area contributed by atoms with E-state index in [1.165, 1.54) is 11.3 Å². The molecular formula is C10H12BrClOS. The third-order valence-corrected chi connectivity index (χ3v) is 4.67. The van der Waals surface area contributed by atoms with Crippen LogP contribution < -0.4 is 0 Å². The second-order valence-electron chi connectivity index (χ2n) is 3.37. The van der Waals surface area contributed by atoms with E-state index in [1.807, 2.05) is 0 Å². The molecule has 0 fully saturated rings. The number of hydrogen-bond donors (Lipinski definition) is 0. The fourth-order valence-electron chi connectivity index (χ4n) is 1.05. The Morgan fingerprint density at radius 1 is 1.71 bits per heavy atom. The van der Waals surface area contributed by atoms with E-state index >= 15 is 0 Å². The van der Waals surface area contributed by atoms with Crippen LogP contribution in [0, 0.1) is 5.92 Å². The van der Waals surface area contributed by atoms with Gasteiger partial charge in [-0.15, -0.1) is 11.3 Å². The van der Waals surface area contributed by atoms with Gasteiger partial charge in [-0.05, 0) is 27.9 Å². The Morgan fingerprint density at radius 2 is 2.36 bits per heavy atom. The molecule has 0 aliphatic carbocycles. The maximum absolute atomic E-state index is 11.7. The molecule has 0 aliphatic rings. The monoisotopic (exact) mass is 294 g/mol. The van der Waals surface area contributed by atoms with Gasteiger partial charge in [-0.25, -0.2) is 0 Å². The SMILES string of the molecule is CCC(C)CC(=O)c1cc(Br)c(Cl)s1. The van der Waals surface area contributed by atoms with Gasteiger partial charge in [-0.3, -0.25) is 4.79 Å². The van der Waals surface area contributed by atoms with E-state index in [4.69, 9.17) is 11.6 Å². The van der Waals surface area contributed by atoms with Gasteiger partial charge in [0.25, 0.3) is 0 Å². The van der Waals surface area contributed by atoms with Crippen LogP contribution in [-0.2, 0) is 0 Å². The summed E-state index contributed by atoms with van der Waals surface area (Å²) in [4.78, 5) is 12.5. The summed E-state index contributed by atoms with van der Waals surface area (Å²) < 4.78 is 1.47. The van der Waals surface area contributed by atoms with Crippen LogP contribution in [0.4, 0.5) is 0 Å². The Balaban J connectivity index is 2.70. The number of carbonyl (C=O) groups excluding carboxylic acids is 1. The molecule has 1 unspecified atom stereocenters. The predicted molar refractivity (Wildman–Crippen MR) is 65.4 cm³/mol. The Kier molecular flexibility index (Phi) is 4.61. The molecule has 0 radical (unpaired) electrons. The van der Waals surface area contributed by atoms with Gasteiger partial charge in [0.1, 0.15) is 4.34 Å². The first-order valence-electron chi connectivity index (χ1n) is 4.52. The van der Waals surface area contributed by atoms with Gasteiger partial charge >= 0.3 is 0 Å². The lowest BCUT2D eigenvalue weighted by atomic mass is 10.0. The predicted octanol–water partition coefficient (Wildman–Crippen LogP) is 4.78. The third kappa shape index (κ3) is 3.07. The third-order valence-electron chi connectivity index (χ3n) is 2.15.